The number of hydrogen-bond acceptors (Lipinski definition) is 3. The standard InChI is InChI=1S/C14H23NO2S/c1-11(2)8-12-6-5-7-13(9-12)14(15-3)10-18(4,16)17/h5-7,9,11,14-15H,8,10H2,1-4H3. The van der Waals surface area contributed by atoms with Gasteiger partial charge >= 0.3 is 0 Å². The fraction of sp³-hybridized carbons (Fsp3) is 0.571. The summed E-state index contributed by atoms with van der Waals surface area (Å²) in [4.78, 5) is 0. The van der Waals surface area contributed by atoms with Gasteiger partial charge in [0.2, 0.25) is 0 Å². The van der Waals surface area contributed by atoms with E-state index in [1.54, 1.807) is 7.05 Å². The molecule has 0 radical (unpaired) electrons. The number of nitrogens with one attached hydrogen (secondary N) is 1. The molecule has 1 aromatic carbocycles. The van der Waals surface area contributed by atoms with Crippen LogP contribution in [0.15, 0.2) is 24.3 Å². The molecule has 0 saturated heterocycles. The Kier molecular flexibility index (Phi) is 5.35. The summed E-state index contributed by atoms with van der Waals surface area (Å²) in [5.74, 6) is 0.734. The van der Waals surface area contributed by atoms with E-state index in [4.69, 9.17) is 0 Å². The van der Waals surface area contributed by atoms with Gasteiger partial charge in [0.1, 0.15) is 9.84 Å². The second-order valence-electron chi connectivity index (χ2n) is 5.28. The quantitative estimate of drug-likeness (QED) is 0.861. The van der Waals surface area contributed by atoms with Gasteiger partial charge in [-0.3, -0.25) is 0 Å². The lowest BCUT2D eigenvalue weighted by Gasteiger charge is -2.17. The fourth-order valence-corrected chi connectivity index (χ4v) is 3.02. The smallest absolute Gasteiger partial charge is 0.149 e. The van der Waals surface area contributed by atoms with Crippen LogP contribution in [0.2, 0.25) is 0 Å². The summed E-state index contributed by atoms with van der Waals surface area (Å²) < 4.78 is 22.8. The Bertz CT molecular complexity index is 480. The maximum absolute atomic E-state index is 11.4. The number of rotatable bonds is 6. The first-order valence-electron chi connectivity index (χ1n) is 6.25. The van der Waals surface area contributed by atoms with Gasteiger partial charge in [-0.05, 0) is 30.5 Å². The minimum absolute atomic E-state index is 0.132. The normalized spacial score (nSPS) is 13.8. The molecular weight excluding hydrogens is 246 g/mol. The molecule has 0 heterocycles. The average molecular weight is 269 g/mol. The topological polar surface area (TPSA) is 46.2 Å². The van der Waals surface area contributed by atoms with Gasteiger partial charge in [0, 0.05) is 12.3 Å². The summed E-state index contributed by atoms with van der Waals surface area (Å²) in [5, 5.41) is 3.08. The summed E-state index contributed by atoms with van der Waals surface area (Å²) in [7, 11) is -1.19. The third-order valence-corrected chi connectivity index (χ3v) is 3.75. The first-order valence-corrected chi connectivity index (χ1v) is 8.31. The molecule has 1 N–H and O–H groups in total. The zero-order valence-corrected chi connectivity index (χ0v) is 12.4. The summed E-state index contributed by atoms with van der Waals surface area (Å²) >= 11 is 0. The van der Waals surface area contributed by atoms with E-state index in [9.17, 15) is 8.42 Å². The van der Waals surface area contributed by atoms with Crippen molar-refractivity contribution in [3.63, 3.8) is 0 Å². The molecule has 1 unspecified atom stereocenters. The zero-order chi connectivity index (χ0) is 13.8. The highest BCUT2D eigenvalue weighted by Crippen LogP contribution is 2.18. The maximum Gasteiger partial charge on any atom is 0.149 e. The van der Waals surface area contributed by atoms with Crippen molar-refractivity contribution in [1.82, 2.24) is 5.32 Å². The highest BCUT2D eigenvalue weighted by atomic mass is 32.2. The Morgan fingerprint density at radius 1 is 1.28 bits per heavy atom. The van der Waals surface area contributed by atoms with Crippen molar-refractivity contribution in [1.29, 1.82) is 0 Å². The number of benzene rings is 1. The Hall–Kier alpha value is -0.870. The first-order chi connectivity index (χ1) is 8.31. The molecule has 18 heavy (non-hydrogen) atoms. The Morgan fingerprint density at radius 3 is 2.44 bits per heavy atom. The van der Waals surface area contributed by atoms with Crippen molar-refractivity contribution in [2.24, 2.45) is 5.92 Å². The molecule has 0 amide bonds. The van der Waals surface area contributed by atoms with Gasteiger partial charge in [-0.15, -0.1) is 0 Å². The molecule has 1 aromatic rings. The van der Waals surface area contributed by atoms with Crippen LogP contribution in [0.5, 0.6) is 0 Å². The Labute approximate surface area is 111 Å². The van der Waals surface area contributed by atoms with E-state index >= 15 is 0 Å². The van der Waals surface area contributed by atoms with Gasteiger partial charge < -0.3 is 5.32 Å². The zero-order valence-electron chi connectivity index (χ0n) is 11.6. The highest BCUT2D eigenvalue weighted by molar-refractivity contribution is 7.90. The molecule has 0 bridgehead atoms. The molecule has 0 aliphatic rings. The molecule has 102 valence electrons. The van der Waals surface area contributed by atoms with Crippen molar-refractivity contribution in [3.05, 3.63) is 35.4 Å². The second kappa shape index (κ2) is 6.34. The third kappa shape index (κ3) is 5.19. The van der Waals surface area contributed by atoms with E-state index in [1.165, 1.54) is 11.8 Å². The second-order valence-corrected chi connectivity index (χ2v) is 7.46. The van der Waals surface area contributed by atoms with E-state index < -0.39 is 9.84 Å². The van der Waals surface area contributed by atoms with Crippen LogP contribution in [0.1, 0.15) is 31.0 Å². The first kappa shape index (κ1) is 15.2. The van der Waals surface area contributed by atoms with Crippen LogP contribution in [0.3, 0.4) is 0 Å². The van der Waals surface area contributed by atoms with Gasteiger partial charge in [-0.2, -0.15) is 0 Å². The minimum Gasteiger partial charge on any atom is -0.312 e. The van der Waals surface area contributed by atoms with Crippen LogP contribution < -0.4 is 5.32 Å². The van der Waals surface area contributed by atoms with Gasteiger partial charge in [-0.25, -0.2) is 8.42 Å². The lowest BCUT2D eigenvalue weighted by molar-refractivity contribution is 0.578. The summed E-state index contributed by atoms with van der Waals surface area (Å²) in [6.45, 7) is 4.36. The van der Waals surface area contributed by atoms with Crippen LogP contribution in [0, 0.1) is 5.92 Å². The maximum atomic E-state index is 11.4. The highest BCUT2D eigenvalue weighted by Gasteiger charge is 2.15. The minimum atomic E-state index is -2.98. The van der Waals surface area contributed by atoms with Crippen LogP contribution in [0.25, 0.3) is 0 Å². The van der Waals surface area contributed by atoms with Crippen LogP contribution >= 0.6 is 0 Å². The van der Waals surface area contributed by atoms with Crippen molar-refractivity contribution in [2.75, 3.05) is 19.1 Å². The molecule has 0 aromatic heterocycles. The Morgan fingerprint density at radius 2 is 1.94 bits per heavy atom. The molecule has 4 heteroatoms. The molecule has 0 aliphatic carbocycles. The van der Waals surface area contributed by atoms with Crippen molar-refractivity contribution >= 4 is 9.84 Å². The van der Waals surface area contributed by atoms with Crippen LogP contribution in [-0.4, -0.2) is 27.5 Å². The Balaban J connectivity index is 2.92. The predicted octanol–water partition coefficient (Wildman–Crippen LogP) is 2.19. The average Bonchev–Trinajstić information content (AvgIpc) is 2.24. The lowest BCUT2D eigenvalue weighted by atomic mass is 9.99. The molecule has 0 aliphatic heterocycles. The van der Waals surface area contributed by atoms with E-state index in [1.807, 2.05) is 12.1 Å². The van der Waals surface area contributed by atoms with Gasteiger partial charge in [0.05, 0.1) is 5.75 Å². The van der Waals surface area contributed by atoms with Crippen molar-refractivity contribution in [2.45, 2.75) is 26.3 Å². The largest absolute Gasteiger partial charge is 0.312 e. The fourth-order valence-electron chi connectivity index (χ4n) is 2.06. The van der Waals surface area contributed by atoms with Crippen molar-refractivity contribution < 1.29 is 8.42 Å². The number of hydrogen-bond donors (Lipinski definition) is 1. The van der Waals surface area contributed by atoms with Gasteiger partial charge in [0.15, 0.2) is 0 Å². The summed E-state index contributed by atoms with van der Waals surface area (Å²) in [5.41, 5.74) is 2.30. The van der Waals surface area contributed by atoms with Crippen LogP contribution in [0.4, 0.5) is 0 Å². The predicted molar refractivity (Wildman–Crippen MR) is 76.5 cm³/mol. The molecule has 0 spiro atoms. The van der Waals surface area contributed by atoms with E-state index in [0.717, 1.165) is 12.0 Å². The van der Waals surface area contributed by atoms with Gasteiger partial charge in [-0.1, -0.05) is 38.1 Å². The van der Waals surface area contributed by atoms with E-state index in [0.29, 0.717) is 5.92 Å². The lowest BCUT2D eigenvalue weighted by Crippen LogP contribution is -2.24. The van der Waals surface area contributed by atoms with E-state index in [2.05, 4.69) is 31.3 Å². The monoisotopic (exact) mass is 269 g/mol. The molecule has 1 rings (SSSR count). The van der Waals surface area contributed by atoms with Crippen molar-refractivity contribution in [3.8, 4) is 0 Å². The molecular formula is C14H23NO2S. The third-order valence-electron chi connectivity index (χ3n) is 2.82. The molecule has 0 fully saturated rings. The molecule has 3 nitrogen and oxygen atoms in total. The summed E-state index contributed by atoms with van der Waals surface area (Å²) in [6.07, 6.45) is 2.29. The molecule has 0 saturated carbocycles. The number of sulfone groups is 1. The van der Waals surface area contributed by atoms with Crippen LogP contribution in [-0.2, 0) is 16.3 Å². The van der Waals surface area contributed by atoms with E-state index in [-0.39, 0.29) is 11.8 Å². The summed E-state index contributed by atoms with van der Waals surface area (Å²) in [6, 6.07) is 8.05. The molecule has 1 atom stereocenters. The SMILES string of the molecule is CNC(CS(C)(=O)=O)c1cccc(CC(C)C)c1. The van der Waals surface area contributed by atoms with Gasteiger partial charge in [0.25, 0.3) is 0 Å².